The molecule has 0 radical (unpaired) electrons. The van der Waals surface area contributed by atoms with Crippen LogP contribution in [0.4, 0.5) is 0 Å². The molecule has 1 aliphatic rings. The molecule has 7 heteroatoms. The Morgan fingerprint density at radius 1 is 1.53 bits per heavy atom. The minimum absolute atomic E-state index is 0.0805. The van der Waals surface area contributed by atoms with E-state index in [1.165, 1.54) is 12.3 Å². The highest BCUT2D eigenvalue weighted by atomic mass is 32.2. The summed E-state index contributed by atoms with van der Waals surface area (Å²) < 4.78 is 24.9. The number of amides is 1. The molecule has 1 unspecified atom stereocenters. The summed E-state index contributed by atoms with van der Waals surface area (Å²) in [5.74, 6) is -0.601. The van der Waals surface area contributed by atoms with E-state index in [2.05, 4.69) is 4.98 Å². The van der Waals surface area contributed by atoms with Crippen LogP contribution in [0.1, 0.15) is 17.3 Å². The van der Waals surface area contributed by atoms with Crippen LogP contribution in [-0.4, -0.2) is 36.7 Å². The normalized spacial score (nSPS) is 19.2. The average Bonchev–Trinajstić information content (AvgIpc) is 2.51. The summed E-state index contributed by atoms with van der Waals surface area (Å²) in [6, 6.07) is 3.01. The van der Waals surface area contributed by atoms with E-state index in [-0.39, 0.29) is 23.1 Å². The van der Waals surface area contributed by atoms with Crippen LogP contribution in [0.2, 0.25) is 0 Å². The van der Waals surface area contributed by atoms with Crippen LogP contribution in [0.3, 0.4) is 0 Å². The van der Waals surface area contributed by atoms with E-state index in [1.807, 2.05) is 0 Å². The number of rotatable bonds is 3. The number of carbonyl (C=O) groups excluding carboxylic acids is 1. The van der Waals surface area contributed by atoms with Gasteiger partial charge in [-0.1, -0.05) is 6.92 Å². The molecular formula is C10H13N3O3S. The molecule has 2 N–H and O–H groups in total. The van der Waals surface area contributed by atoms with Crippen molar-refractivity contribution < 1.29 is 13.2 Å². The van der Waals surface area contributed by atoms with E-state index < -0.39 is 15.9 Å². The van der Waals surface area contributed by atoms with Crippen molar-refractivity contribution in [1.82, 2.24) is 9.29 Å². The predicted octanol–water partition coefficient (Wildman–Crippen LogP) is -0.179. The number of fused-ring (bicyclic) bond motifs is 1. The summed E-state index contributed by atoms with van der Waals surface area (Å²) >= 11 is 0. The number of nitrogens with two attached hydrogens (primary N) is 1. The first-order valence-corrected chi connectivity index (χ1v) is 6.64. The Kier molecular flexibility index (Phi) is 2.88. The lowest BCUT2D eigenvalue weighted by atomic mass is 10.2. The van der Waals surface area contributed by atoms with Gasteiger partial charge in [0.25, 0.3) is 15.9 Å². The standard InChI is InChI=1S/C10H13N3O3S/c1-7(5-11)6-13-10(14)8-3-2-4-12-9(8)17(13,15)16/h2-4,7H,5-6,11H2,1H3. The van der Waals surface area contributed by atoms with E-state index in [9.17, 15) is 13.2 Å². The third kappa shape index (κ3) is 1.81. The Labute approximate surface area is 99.5 Å². The number of nitrogens with zero attached hydrogens (tertiary/aromatic N) is 2. The van der Waals surface area contributed by atoms with Gasteiger partial charge in [-0.25, -0.2) is 9.29 Å². The Balaban J connectivity index is 2.44. The van der Waals surface area contributed by atoms with Crippen molar-refractivity contribution in [3.8, 4) is 0 Å². The van der Waals surface area contributed by atoms with E-state index in [1.54, 1.807) is 13.0 Å². The van der Waals surface area contributed by atoms with Crippen molar-refractivity contribution in [2.75, 3.05) is 13.1 Å². The zero-order valence-corrected chi connectivity index (χ0v) is 10.1. The van der Waals surface area contributed by atoms with Crippen LogP contribution in [-0.2, 0) is 10.0 Å². The maximum Gasteiger partial charge on any atom is 0.285 e. The smallest absolute Gasteiger partial charge is 0.285 e. The van der Waals surface area contributed by atoms with Crippen LogP contribution in [0, 0.1) is 5.92 Å². The molecule has 1 aromatic rings. The molecule has 0 saturated carbocycles. The second kappa shape index (κ2) is 4.08. The number of hydrogen-bond donors (Lipinski definition) is 1. The Bertz CT molecular complexity index is 556. The van der Waals surface area contributed by atoms with Crippen molar-refractivity contribution in [2.24, 2.45) is 11.7 Å². The lowest BCUT2D eigenvalue weighted by molar-refractivity contribution is 0.0860. The summed E-state index contributed by atoms with van der Waals surface area (Å²) in [5.41, 5.74) is 5.58. The molecular weight excluding hydrogens is 242 g/mol. The lowest BCUT2D eigenvalue weighted by Gasteiger charge is -2.18. The first-order valence-electron chi connectivity index (χ1n) is 5.20. The Morgan fingerprint density at radius 3 is 2.82 bits per heavy atom. The molecule has 1 atom stereocenters. The van der Waals surface area contributed by atoms with Crippen molar-refractivity contribution in [2.45, 2.75) is 11.9 Å². The first-order chi connectivity index (χ1) is 7.98. The number of sulfonamides is 1. The fourth-order valence-electron chi connectivity index (χ4n) is 1.65. The van der Waals surface area contributed by atoms with Gasteiger partial charge in [-0.05, 0) is 24.6 Å². The molecule has 0 aromatic carbocycles. The van der Waals surface area contributed by atoms with Gasteiger partial charge in [-0.2, -0.15) is 8.42 Å². The summed E-state index contributed by atoms with van der Waals surface area (Å²) in [6.07, 6.45) is 1.36. The number of aromatic nitrogens is 1. The molecule has 0 saturated heterocycles. The monoisotopic (exact) mass is 255 g/mol. The van der Waals surface area contributed by atoms with Gasteiger partial charge in [0, 0.05) is 12.7 Å². The second-order valence-corrected chi connectivity index (χ2v) is 5.82. The first kappa shape index (κ1) is 12.0. The molecule has 1 amide bonds. The van der Waals surface area contributed by atoms with Crippen LogP contribution in [0.15, 0.2) is 23.4 Å². The minimum Gasteiger partial charge on any atom is -0.330 e. The third-order valence-corrected chi connectivity index (χ3v) is 4.35. The van der Waals surface area contributed by atoms with E-state index in [0.717, 1.165) is 4.31 Å². The summed E-state index contributed by atoms with van der Waals surface area (Å²) in [4.78, 5) is 15.7. The van der Waals surface area contributed by atoms with Gasteiger partial charge in [0.2, 0.25) is 0 Å². The van der Waals surface area contributed by atoms with Gasteiger partial charge in [0.1, 0.15) is 0 Å². The predicted molar refractivity (Wildman–Crippen MR) is 60.7 cm³/mol. The quantitative estimate of drug-likeness (QED) is 0.808. The number of hydrogen-bond acceptors (Lipinski definition) is 5. The van der Waals surface area contributed by atoms with Gasteiger partial charge in [-0.3, -0.25) is 4.79 Å². The molecule has 1 aromatic heterocycles. The minimum atomic E-state index is -3.78. The molecule has 92 valence electrons. The van der Waals surface area contributed by atoms with Crippen molar-refractivity contribution in [3.05, 3.63) is 23.9 Å². The fraction of sp³-hybridized carbons (Fsp3) is 0.400. The second-order valence-electron chi connectivity index (χ2n) is 4.04. The molecule has 0 bridgehead atoms. The molecule has 0 spiro atoms. The summed E-state index contributed by atoms with van der Waals surface area (Å²) in [7, 11) is -3.78. The van der Waals surface area contributed by atoms with E-state index >= 15 is 0 Å². The lowest BCUT2D eigenvalue weighted by Crippen LogP contribution is -2.36. The third-order valence-electron chi connectivity index (χ3n) is 2.64. The SMILES string of the molecule is CC(CN)CN1C(=O)c2cccnc2S1(=O)=O. The zero-order chi connectivity index (χ0) is 12.6. The van der Waals surface area contributed by atoms with Gasteiger partial charge >= 0.3 is 0 Å². The highest BCUT2D eigenvalue weighted by Gasteiger charge is 2.42. The van der Waals surface area contributed by atoms with Crippen LogP contribution < -0.4 is 5.73 Å². The number of carbonyl (C=O) groups is 1. The van der Waals surface area contributed by atoms with Gasteiger partial charge in [-0.15, -0.1) is 0 Å². The topological polar surface area (TPSA) is 93.4 Å². The van der Waals surface area contributed by atoms with Gasteiger partial charge in [0.15, 0.2) is 5.03 Å². The van der Waals surface area contributed by atoms with Crippen molar-refractivity contribution >= 4 is 15.9 Å². The summed E-state index contributed by atoms with van der Waals surface area (Å²) in [5, 5.41) is -0.158. The van der Waals surface area contributed by atoms with E-state index in [4.69, 9.17) is 5.73 Å². The summed E-state index contributed by atoms with van der Waals surface area (Å²) in [6.45, 7) is 2.20. The number of pyridine rings is 1. The molecule has 6 nitrogen and oxygen atoms in total. The van der Waals surface area contributed by atoms with Crippen LogP contribution >= 0.6 is 0 Å². The van der Waals surface area contributed by atoms with Crippen LogP contribution in [0.5, 0.6) is 0 Å². The molecule has 17 heavy (non-hydrogen) atoms. The zero-order valence-electron chi connectivity index (χ0n) is 9.33. The van der Waals surface area contributed by atoms with Crippen molar-refractivity contribution in [1.29, 1.82) is 0 Å². The molecule has 0 fully saturated rings. The maximum atomic E-state index is 12.0. The maximum absolute atomic E-state index is 12.0. The van der Waals surface area contributed by atoms with E-state index in [0.29, 0.717) is 6.54 Å². The largest absolute Gasteiger partial charge is 0.330 e. The highest BCUT2D eigenvalue weighted by molar-refractivity contribution is 7.90. The van der Waals surface area contributed by atoms with Crippen LogP contribution in [0.25, 0.3) is 0 Å². The fourth-order valence-corrected chi connectivity index (χ4v) is 3.25. The Morgan fingerprint density at radius 2 is 2.24 bits per heavy atom. The van der Waals surface area contributed by atoms with Crippen molar-refractivity contribution in [3.63, 3.8) is 0 Å². The highest BCUT2D eigenvalue weighted by Crippen LogP contribution is 2.28. The Hall–Kier alpha value is -1.47. The molecule has 2 heterocycles. The average molecular weight is 255 g/mol. The van der Waals surface area contributed by atoms with Gasteiger partial charge < -0.3 is 5.73 Å². The molecule has 1 aliphatic heterocycles. The van der Waals surface area contributed by atoms with Gasteiger partial charge in [0.05, 0.1) is 5.56 Å². The molecule has 2 rings (SSSR count). The molecule has 0 aliphatic carbocycles.